The van der Waals surface area contributed by atoms with Gasteiger partial charge in [-0.1, -0.05) is 56.3 Å². The second kappa shape index (κ2) is 14.2. The molecule has 2 amide bonds. The Labute approximate surface area is 227 Å². The largest absolute Gasteiger partial charge is 0.444 e. The maximum absolute atomic E-state index is 13.5. The number of amides is 2. The number of alkyl carbamates (subject to hydrolysis) is 1. The lowest BCUT2D eigenvalue weighted by atomic mass is 10.0. The monoisotopic (exact) mass is 540 g/mol. The van der Waals surface area contributed by atoms with Gasteiger partial charge in [0.1, 0.15) is 16.7 Å². The number of nitro benzene ring substituents is 1. The molecular weight excluding hydrogens is 504 g/mol. The number of aryl methyl sites for hydroxylation is 1. The van der Waals surface area contributed by atoms with Crippen LogP contribution >= 0.6 is 11.3 Å². The number of nitro groups is 1. The topological polar surface area (TPSA) is 123 Å². The molecule has 38 heavy (non-hydrogen) atoms. The van der Waals surface area contributed by atoms with E-state index in [4.69, 9.17) is 4.74 Å². The van der Waals surface area contributed by atoms with Gasteiger partial charge in [0.2, 0.25) is 5.91 Å². The zero-order valence-electron chi connectivity index (χ0n) is 22.7. The van der Waals surface area contributed by atoms with Gasteiger partial charge in [0.25, 0.3) is 5.69 Å². The van der Waals surface area contributed by atoms with Crippen molar-refractivity contribution in [1.29, 1.82) is 0 Å². The second-order valence-electron chi connectivity index (χ2n) is 9.40. The average molecular weight is 541 g/mol. The Hall–Kier alpha value is -3.79. The zero-order valence-corrected chi connectivity index (χ0v) is 23.5. The van der Waals surface area contributed by atoms with Crippen LogP contribution in [-0.4, -0.2) is 33.6 Å². The highest BCUT2D eigenvalue weighted by molar-refractivity contribution is 7.09. The van der Waals surface area contributed by atoms with Gasteiger partial charge in [-0.05, 0) is 45.2 Å². The van der Waals surface area contributed by atoms with Crippen molar-refractivity contribution < 1.29 is 19.2 Å². The number of carbonyl (C=O) groups is 2. The van der Waals surface area contributed by atoms with E-state index in [1.807, 2.05) is 56.5 Å². The maximum Gasteiger partial charge on any atom is 0.408 e. The quantitative estimate of drug-likeness (QED) is 0.256. The van der Waals surface area contributed by atoms with Gasteiger partial charge >= 0.3 is 6.09 Å². The molecule has 3 aromatic rings. The number of ether oxygens (including phenoxy) is 1. The molecule has 2 N–H and O–H groups in total. The fraction of sp³-hybridized carbons (Fsp3) is 0.393. The van der Waals surface area contributed by atoms with Crippen molar-refractivity contribution >= 4 is 29.0 Å². The molecule has 0 aliphatic carbocycles. The van der Waals surface area contributed by atoms with Crippen LogP contribution in [0.2, 0.25) is 0 Å². The van der Waals surface area contributed by atoms with Crippen LogP contribution in [0, 0.1) is 17.0 Å². The number of thiazole rings is 1. The predicted octanol–water partition coefficient (Wildman–Crippen LogP) is 5.92. The van der Waals surface area contributed by atoms with Gasteiger partial charge in [-0.15, -0.1) is 11.3 Å². The summed E-state index contributed by atoms with van der Waals surface area (Å²) in [5.41, 5.74) is 1.79. The molecule has 1 aromatic heterocycles. The number of hydrogen-bond donors (Lipinski definition) is 2. The second-order valence-corrected chi connectivity index (χ2v) is 10.3. The number of nitrogens with zero attached hydrogens (tertiary/aromatic N) is 2. The fourth-order valence-electron chi connectivity index (χ4n) is 3.50. The third-order valence-electron chi connectivity index (χ3n) is 5.13. The minimum Gasteiger partial charge on any atom is -0.444 e. The fourth-order valence-corrected chi connectivity index (χ4v) is 4.35. The number of carbonyl (C=O) groups excluding carboxylic acids is 2. The molecule has 0 saturated heterocycles. The Balaban J connectivity index is 0.00000247. The van der Waals surface area contributed by atoms with E-state index in [0.717, 1.165) is 16.8 Å². The van der Waals surface area contributed by atoms with E-state index in [9.17, 15) is 19.7 Å². The van der Waals surface area contributed by atoms with Gasteiger partial charge in [-0.3, -0.25) is 14.9 Å². The summed E-state index contributed by atoms with van der Waals surface area (Å²) in [7, 11) is 0. The lowest BCUT2D eigenvalue weighted by Gasteiger charge is -2.25. The molecule has 0 aliphatic rings. The van der Waals surface area contributed by atoms with Gasteiger partial charge in [-0.25, -0.2) is 9.78 Å². The van der Waals surface area contributed by atoms with Crippen molar-refractivity contribution in [3.05, 3.63) is 91.9 Å². The van der Waals surface area contributed by atoms with Crippen molar-refractivity contribution in [2.24, 2.45) is 0 Å². The first-order chi connectivity index (χ1) is 18.0. The highest BCUT2D eigenvalue weighted by Crippen LogP contribution is 2.24. The summed E-state index contributed by atoms with van der Waals surface area (Å²) in [6, 6.07) is 14.2. The van der Waals surface area contributed by atoms with Gasteiger partial charge in [-0.2, -0.15) is 0 Å². The van der Waals surface area contributed by atoms with Gasteiger partial charge in [0.15, 0.2) is 0 Å². The molecular formula is C28H36N4O5S. The highest BCUT2D eigenvalue weighted by Gasteiger charge is 2.28. The molecule has 204 valence electrons. The molecule has 0 spiro atoms. The van der Waals surface area contributed by atoms with Crippen molar-refractivity contribution in [1.82, 2.24) is 15.6 Å². The van der Waals surface area contributed by atoms with Gasteiger partial charge < -0.3 is 15.4 Å². The Kier molecular flexibility index (Phi) is 11.4. The molecule has 0 aliphatic heterocycles. The summed E-state index contributed by atoms with van der Waals surface area (Å²) in [5, 5.41) is 19.3. The maximum atomic E-state index is 13.5. The SMILES string of the molecule is CC.Cc1csc([C@H](Cc2ccc([N+](=O)[O-])cc2)NC(=O)[C@H](Cc2ccccc2)NC(=O)OC(C)(C)C)n1. The number of hydrogen-bond acceptors (Lipinski definition) is 7. The number of benzene rings is 2. The van der Waals surface area contributed by atoms with E-state index in [1.165, 1.54) is 23.5 Å². The molecule has 0 radical (unpaired) electrons. The summed E-state index contributed by atoms with van der Waals surface area (Å²) in [5.74, 6) is -0.385. The number of aromatic nitrogens is 1. The number of rotatable bonds is 9. The molecule has 0 unspecified atom stereocenters. The molecule has 10 heteroatoms. The summed E-state index contributed by atoms with van der Waals surface area (Å²) in [4.78, 5) is 41.1. The molecule has 1 heterocycles. The summed E-state index contributed by atoms with van der Waals surface area (Å²) < 4.78 is 5.38. The van der Waals surface area contributed by atoms with Crippen molar-refractivity contribution in [3.63, 3.8) is 0 Å². The smallest absolute Gasteiger partial charge is 0.408 e. The van der Waals surface area contributed by atoms with E-state index < -0.39 is 28.7 Å². The number of non-ortho nitro benzene ring substituents is 1. The van der Waals surface area contributed by atoms with E-state index >= 15 is 0 Å². The van der Waals surface area contributed by atoms with Crippen LogP contribution in [-0.2, 0) is 22.4 Å². The van der Waals surface area contributed by atoms with E-state index in [2.05, 4.69) is 15.6 Å². The Morgan fingerprint density at radius 3 is 2.13 bits per heavy atom. The molecule has 0 fully saturated rings. The molecule has 2 atom stereocenters. The lowest BCUT2D eigenvalue weighted by Crippen LogP contribution is -2.50. The third kappa shape index (κ3) is 9.93. The Morgan fingerprint density at radius 2 is 1.61 bits per heavy atom. The Bertz CT molecular complexity index is 1190. The predicted molar refractivity (Wildman–Crippen MR) is 149 cm³/mol. The number of nitrogens with one attached hydrogen (secondary N) is 2. The first-order valence-corrected chi connectivity index (χ1v) is 13.4. The molecule has 2 aromatic carbocycles. The van der Waals surface area contributed by atoms with Gasteiger partial charge in [0, 0.05) is 29.6 Å². The van der Waals surface area contributed by atoms with E-state index in [0.29, 0.717) is 11.4 Å². The average Bonchev–Trinajstić information content (AvgIpc) is 3.30. The van der Waals surface area contributed by atoms with Crippen molar-refractivity contribution in [3.8, 4) is 0 Å². The van der Waals surface area contributed by atoms with E-state index in [-0.39, 0.29) is 18.0 Å². The molecule has 3 rings (SSSR count). The molecule has 0 bridgehead atoms. The standard InChI is InChI=1S/C26H30N4O5S.C2H6/c1-17-16-36-24(27-17)22(15-19-10-12-20(13-11-19)30(33)34)28-23(31)21(14-18-8-6-5-7-9-18)29-25(32)35-26(2,3)4;1-2/h5-13,16,21-22H,14-15H2,1-4H3,(H,28,31)(H,29,32);1-2H3/t21-,22-;/m0./s1. The van der Waals surface area contributed by atoms with E-state index in [1.54, 1.807) is 32.9 Å². The van der Waals surface area contributed by atoms with Crippen molar-refractivity contribution in [2.45, 2.75) is 72.1 Å². The molecule has 0 saturated carbocycles. The molecule has 9 nitrogen and oxygen atoms in total. The summed E-state index contributed by atoms with van der Waals surface area (Å²) in [6.07, 6.45) is -0.0376. The summed E-state index contributed by atoms with van der Waals surface area (Å²) in [6.45, 7) is 11.1. The van der Waals surface area contributed by atoms with Crippen LogP contribution in [0.4, 0.5) is 10.5 Å². The van der Waals surface area contributed by atoms with Crippen LogP contribution < -0.4 is 10.6 Å². The summed E-state index contributed by atoms with van der Waals surface area (Å²) >= 11 is 1.42. The third-order valence-corrected chi connectivity index (χ3v) is 6.20. The lowest BCUT2D eigenvalue weighted by molar-refractivity contribution is -0.384. The van der Waals surface area contributed by atoms with Crippen LogP contribution in [0.15, 0.2) is 60.0 Å². The first-order valence-electron chi connectivity index (χ1n) is 12.5. The normalized spacial score (nSPS) is 12.4. The Morgan fingerprint density at radius 1 is 1.00 bits per heavy atom. The van der Waals surface area contributed by atoms with Crippen LogP contribution in [0.25, 0.3) is 0 Å². The highest BCUT2D eigenvalue weighted by atomic mass is 32.1. The minimum absolute atomic E-state index is 0.00563. The zero-order chi connectivity index (χ0) is 28.3. The minimum atomic E-state index is -0.886. The van der Waals surface area contributed by atoms with Crippen LogP contribution in [0.5, 0.6) is 0 Å². The first kappa shape index (κ1) is 30.4. The van der Waals surface area contributed by atoms with Crippen LogP contribution in [0.3, 0.4) is 0 Å². The van der Waals surface area contributed by atoms with Crippen LogP contribution in [0.1, 0.15) is 62.5 Å². The van der Waals surface area contributed by atoms with Crippen molar-refractivity contribution in [2.75, 3.05) is 0 Å². The van der Waals surface area contributed by atoms with Gasteiger partial charge in [0.05, 0.1) is 11.0 Å².